The number of hydrogen-bond acceptors (Lipinski definition) is 3. The van der Waals surface area contributed by atoms with Crippen molar-refractivity contribution in [2.45, 2.75) is 33.7 Å². The van der Waals surface area contributed by atoms with Crippen molar-refractivity contribution in [2.24, 2.45) is 4.99 Å². The third-order valence-corrected chi connectivity index (χ3v) is 2.76. The van der Waals surface area contributed by atoms with Crippen LogP contribution >= 0.6 is 0 Å². The third-order valence-electron chi connectivity index (χ3n) is 2.76. The minimum Gasteiger partial charge on any atom is -0.356 e. The number of hydrogen-bond donors (Lipinski definition) is 0. The second-order valence-corrected chi connectivity index (χ2v) is 3.85. The molecule has 0 N–H and O–H groups in total. The summed E-state index contributed by atoms with van der Waals surface area (Å²) < 4.78 is 0. The Balaban J connectivity index is 0.000000461. The molecule has 0 aliphatic carbocycles. The topological polar surface area (TPSA) is 18.8 Å². The highest BCUT2D eigenvalue weighted by Gasteiger charge is 2.25. The monoisotopic (exact) mass is 197 g/mol. The summed E-state index contributed by atoms with van der Waals surface area (Å²) in [4.78, 5) is 9.39. The lowest BCUT2D eigenvalue weighted by Crippen LogP contribution is -2.50. The third kappa shape index (κ3) is 2.47. The fraction of sp³-hybridized carbons (Fsp3) is 0.909. The van der Waals surface area contributed by atoms with Crippen LogP contribution < -0.4 is 0 Å². The maximum absolute atomic E-state index is 4.49. The molecule has 0 atom stereocenters. The van der Waals surface area contributed by atoms with E-state index in [4.69, 9.17) is 0 Å². The number of aliphatic imine (C=N–C) groups is 1. The molecular weight excluding hydrogens is 174 g/mol. The molecule has 0 amide bonds. The fourth-order valence-corrected chi connectivity index (χ4v) is 1.87. The summed E-state index contributed by atoms with van der Waals surface area (Å²) in [5.74, 6) is 1.31. The van der Waals surface area contributed by atoms with Crippen LogP contribution in [0, 0.1) is 0 Å². The van der Waals surface area contributed by atoms with Crippen LogP contribution in [0.15, 0.2) is 4.99 Å². The average molecular weight is 197 g/mol. The average Bonchev–Trinajstić information content (AvgIpc) is 2.67. The maximum Gasteiger partial charge on any atom is 0.113 e. The van der Waals surface area contributed by atoms with Crippen molar-refractivity contribution in [3.05, 3.63) is 0 Å². The SMILES string of the molecule is CC.CC(C)N1CCN2CCN=C2C1. The maximum atomic E-state index is 4.49. The van der Waals surface area contributed by atoms with E-state index in [1.165, 1.54) is 18.9 Å². The van der Waals surface area contributed by atoms with Crippen LogP contribution in [0.25, 0.3) is 0 Å². The van der Waals surface area contributed by atoms with Crippen molar-refractivity contribution >= 4 is 5.84 Å². The van der Waals surface area contributed by atoms with Gasteiger partial charge < -0.3 is 4.90 Å². The Bertz CT molecular complexity index is 199. The van der Waals surface area contributed by atoms with Crippen molar-refractivity contribution in [3.63, 3.8) is 0 Å². The molecule has 2 aliphatic rings. The molecule has 14 heavy (non-hydrogen) atoms. The van der Waals surface area contributed by atoms with Crippen molar-refractivity contribution in [1.82, 2.24) is 9.80 Å². The molecule has 2 heterocycles. The molecule has 0 unspecified atom stereocenters. The smallest absolute Gasteiger partial charge is 0.113 e. The Hall–Kier alpha value is -0.570. The zero-order valence-electron chi connectivity index (χ0n) is 9.95. The molecule has 0 aromatic heterocycles. The van der Waals surface area contributed by atoms with Crippen LogP contribution in [-0.4, -0.2) is 54.4 Å². The highest BCUT2D eigenvalue weighted by molar-refractivity contribution is 5.86. The zero-order chi connectivity index (χ0) is 10.6. The molecule has 1 fully saturated rings. The summed E-state index contributed by atoms with van der Waals surface area (Å²) in [6, 6.07) is 0.662. The van der Waals surface area contributed by atoms with Crippen molar-refractivity contribution in [3.8, 4) is 0 Å². The Morgan fingerprint density at radius 1 is 1.14 bits per heavy atom. The van der Waals surface area contributed by atoms with E-state index in [-0.39, 0.29) is 0 Å². The summed E-state index contributed by atoms with van der Waals surface area (Å²) in [5.41, 5.74) is 0. The first-order chi connectivity index (χ1) is 6.77. The number of fused-ring (bicyclic) bond motifs is 1. The predicted molar refractivity (Wildman–Crippen MR) is 61.9 cm³/mol. The van der Waals surface area contributed by atoms with Crippen molar-refractivity contribution < 1.29 is 0 Å². The van der Waals surface area contributed by atoms with Crippen LogP contribution in [0.3, 0.4) is 0 Å². The summed E-state index contributed by atoms with van der Waals surface area (Å²) in [6.07, 6.45) is 0. The van der Waals surface area contributed by atoms with Gasteiger partial charge in [-0.25, -0.2) is 0 Å². The predicted octanol–water partition coefficient (Wildman–Crippen LogP) is 1.45. The van der Waals surface area contributed by atoms with Crippen LogP contribution in [-0.2, 0) is 0 Å². The molecular formula is C11H23N3. The normalized spacial score (nSPS) is 21.5. The van der Waals surface area contributed by atoms with E-state index < -0.39 is 0 Å². The molecule has 0 radical (unpaired) electrons. The summed E-state index contributed by atoms with van der Waals surface area (Å²) in [5, 5.41) is 0. The van der Waals surface area contributed by atoms with Crippen LogP contribution in [0.4, 0.5) is 0 Å². The van der Waals surface area contributed by atoms with Gasteiger partial charge in [-0.1, -0.05) is 13.8 Å². The van der Waals surface area contributed by atoms with Gasteiger partial charge in [0.05, 0.1) is 13.1 Å². The molecule has 2 rings (SSSR count). The Labute approximate surface area is 87.8 Å². The molecule has 0 bridgehead atoms. The molecule has 3 nitrogen and oxygen atoms in total. The summed E-state index contributed by atoms with van der Waals surface area (Å²) in [6.45, 7) is 14.1. The largest absolute Gasteiger partial charge is 0.356 e. The van der Waals surface area contributed by atoms with Crippen LogP contribution in [0.5, 0.6) is 0 Å². The van der Waals surface area contributed by atoms with Crippen LogP contribution in [0.2, 0.25) is 0 Å². The molecule has 0 saturated carbocycles. The molecule has 0 spiro atoms. The van der Waals surface area contributed by atoms with E-state index in [9.17, 15) is 0 Å². The summed E-state index contributed by atoms with van der Waals surface area (Å²) >= 11 is 0. The summed E-state index contributed by atoms with van der Waals surface area (Å²) in [7, 11) is 0. The van der Waals surface area contributed by atoms with Gasteiger partial charge in [-0.15, -0.1) is 0 Å². The van der Waals surface area contributed by atoms with Gasteiger partial charge in [-0.05, 0) is 13.8 Å². The first-order valence-corrected chi connectivity index (χ1v) is 5.79. The van der Waals surface area contributed by atoms with Crippen molar-refractivity contribution in [1.29, 1.82) is 0 Å². The minimum atomic E-state index is 0.662. The number of nitrogens with zero attached hydrogens (tertiary/aromatic N) is 3. The number of amidine groups is 1. The lowest BCUT2D eigenvalue weighted by Gasteiger charge is -2.36. The van der Waals surface area contributed by atoms with Gasteiger partial charge in [-0.2, -0.15) is 0 Å². The van der Waals surface area contributed by atoms with E-state index in [0.29, 0.717) is 6.04 Å². The van der Waals surface area contributed by atoms with Gasteiger partial charge in [0.1, 0.15) is 5.84 Å². The van der Waals surface area contributed by atoms with E-state index in [1.807, 2.05) is 13.8 Å². The second-order valence-electron chi connectivity index (χ2n) is 3.85. The Kier molecular flexibility index (Phi) is 4.39. The van der Waals surface area contributed by atoms with Gasteiger partial charge in [0, 0.05) is 25.7 Å². The zero-order valence-corrected chi connectivity index (χ0v) is 9.95. The van der Waals surface area contributed by atoms with E-state index in [0.717, 1.165) is 19.6 Å². The quantitative estimate of drug-likeness (QED) is 0.633. The molecule has 2 aliphatic heterocycles. The minimum absolute atomic E-state index is 0.662. The molecule has 3 heteroatoms. The standard InChI is InChI=1S/C9H17N3.C2H6/c1-8(2)12-6-5-11-4-3-10-9(11)7-12;1-2/h8H,3-7H2,1-2H3;1-2H3. The molecule has 82 valence electrons. The highest BCUT2D eigenvalue weighted by atomic mass is 15.3. The van der Waals surface area contributed by atoms with Crippen LogP contribution in [0.1, 0.15) is 27.7 Å². The molecule has 0 aromatic carbocycles. The van der Waals surface area contributed by atoms with E-state index >= 15 is 0 Å². The fourth-order valence-electron chi connectivity index (χ4n) is 1.87. The Morgan fingerprint density at radius 3 is 2.50 bits per heavy atom. The highest BCUT2D eigenvalue weighted by Crippen LogP contribution is 2.11. The first kappa shape index (κ1) is 11.5. The van der Waals surface area contributed by atoms with E-state index in [2.05, 4.69) is 28.6 Å². The second kappa shape index (κ2) is 5.35. The first-order valence-electron chi connectivity index (χ1n) is 5.79. The van der Waals surface area contributed by atoms with E-state index in [1.54, 1.807) is 0 Å². The van der Waals surface area contributed by atoms with Gasteiger partial charge >= 0.3 is 0 Å². The molecule has 0 aromatic rings. The lowest BCUT2D eigenvalue weighted by molar-refractivity contribution is 0.200. The number of piperazine rings is 1. The molecule has 1 saturated heterocycles. The van der Waals surface area contributed by atoms with Gasteiger partial charge in [0.25, 0.3) is 0 Å². The van der Waals surface area contributed by atoms with Gasteiger partial charge in [0.15, 0.2) is 0 Å². The van der Waals surface area contributed by atoms with Gasteiger partial charge in [-0.3, -0.25) is 9.89 Å². The lowest BCUT2D eigenvalue weighted by atomic mass is 10.2. The number of rotatable bonds is 1. The van der Waals surface area contributed by atoms with Gasteiger partial charge in [0.2, 0.25) is 0 Å². The Morgan fingerprint density at radius 2 is 1.86 bits per heavy atom. The van der Waals surface area contributed by atoms with Crippen molar-refractivity contribution in [2.75, 3.05) is 32.7 Å².